The zero-order valence-corrected chi connectivity index (χ0v) is 14.1. The summed E-state index contributed by atoms with van der Waals surface area (Å²) in [6, 6.07) is 3.15. The highest BCUT2D eigenvalue weighted by Gasteiger charge is 2.35. The van der Waals surface area contributed by atoms with Crippen LogP contribution in [0.4, 0.5) is 0 Å². The van der Waals surface area contributed by atoms with Crippen molar-refractivity contribution in [3.05, 3.63) is 22.7 Å². The normalized spacial score (nSPS) is 19.9. The van der Waals surface area contributed by atoms with E-state index >= 15 is 0 Å². The van der Waals surface area contributed by atoms with E-state index in [-0.39, 0.29) is 10.9 Å². The molecule has 5 nitrogen and oxygen atoms in total. The first kappa shape index (κ1) is 16.5. The fourth-order valence-electron chi connectivity index (χ4n) is 2.76. The predicted octanol–water partition coefficient (Wildman–Crippen LogP) is 2.03. The molecule has 1 aromatic rings. The van der Waals surface area contributed by atoms with Crippen LogP contribution in [0.3, 0.4) is 0 Å². The molecule has 1 saturated heterocycles. The van der Waals surface area contributed by atoms with E-state index in [0.717, 1.165) is 12.8 Å². The van der Waals surface area contributed by atoms with E-state index in [0.29, 0.717) is 29.4 Å². The Balaban J connectivity index is 2.42. The van der Waals surface area contributed by atoms with Gasteiger partial charge in [0.05, 0.1) is 17.0 Å². The lowest BCUT2D eigenvalue weighted by atomic mass is 10.2. The Morgan fingerprint density at radius 3 is 2.81 bits per heavy atom. The van der Waals surface area contributed by atoms with Gasteiger partial charge in [-0.05, 0) is 44.5 Å². The van der Waals surface area contributed by atoms with Crippen molar-refractivity contribution in [1.29, 1.82) is 0 Å². The molecular formula is C14H21ClN2O3S. The van der Waals surface area contributed by atoms with Gasteiger partial charge in [-0.15, -0.1) is 0 Å². The molecule has 0 spiro atoms. The minimum absolute atomic E-state index is 0.000257. The van der Waals surface area contributed by atoms with Crippen LogP contribution in [0.2, 0.25) is 5.02 Å². The molecule has 0 bridgehead atoms. The van der Waals surface area contributed by atoms with E-state index < -0.39 is 10.0 Å². The first-order valence-corrected chi connectivity index (χ1v) is 8.74. The van der Waals surface area contributed by atoms with Crippen molar-refractivity contribution in [2.75, 3.05) is 27.2 Å². The summed E-state index contributed by atoms with van der Waals surface area (Å²) in [6.45, 7) is 2.97. The summed E-state index contributed by atoms with van der Waals surface area (Å²) in [4.78, 5) is 0.260. The van der Waals surface area contributed by atoms with Gasteiger partial charge in [0.15, 0.2) is 0 Å². The van der Waals surface area contributed by atoms with Gasteiger partial charge in [0.2, 0.25) is 10.0 Å². The second-order valence-corrected chi connectivity index (χ2v) is 7.49. The number of nitrogens with one attached hydrogen (secondary N) is 1. The molecule has 1 N–H and O–H groups in total. The summed E-state index contributed by atoms with van der Waals surface area (Å²) in [5.41, 5.74) is 0.645. The molecule has 118 valence electrons. The summed E-state index contributed by atoms with van der Waals surface area (Å²) in [5, 5.41) is 3.37. The molecule has 0 amide bonds. The largest absolute Gasteiger partial charge is 0.495 e. The molecule has 1 atom stereocenters. The fraction of sp³-hybridized carbons (Fsp3) is 0.571. The van der Waals surface area contributed by atoms with Gasteiger partial charge in [-0.25, -0.2) is 8.42 Å². The van der Waals surface area contributed by atoms with Gasteiger partial charge >= 0.3 is 0 Å². The van der Waals surface area contributed by atoms with E-state index in [4.69, 9.17) is 16.3 Å². The number of ether oxygens (including phenoxy) is 1. The van der Waals surface area contributed by atoms with Crippen molar-refractivity contribution in [2.45, 2.75) is 30.7 Å². The van der Waals surface area contributed by atoms with Crippen LogP contribution in [0.5, 0.6) is 5.75 Å². The first-order chi connectivity index (χ1) is 9.91. The molecule has 0 aliphatic carbocycles. The highest BCUT2D eigenvalue weighted by molar-refractivity contribution is 7.89. The number of sulfonamides is 1. The monoisotopic (exact) mass is 332 g/mol. The summed E-state index contributed by atoms with van der Waals surface area (Å²) in [6.07, 6.45) is 1.76. The highest BCUT2D eigenvalue weighted by atomic mass is 35.5. The van der Waals surface area contributed by atoms with Crippen LogP contribution in [0, 0.1) is 6.92 Å². The third-order valence-corrected chi connectivity index (χ3v) is 6.19. The van der Waals surface area contributed by atoms with Crippen molar-refractivity contribution in [2.24, 2.45) is 0 Å². The van der Waals surface area contributed by atoms with Crippen LogP contribution in [-0.2, 0) is 10.0 Å². The Bertz CT molecular complexity index is 619. The van der Waals surface area contributed by atoms with E-state index in [1.54, 1.807) is 17.3 Å². The van der Waals surface area contributed by atoms with Crippen LogP contribution >= 0.6 is 11.6 Å². The first-order valence-electron chi connectivity index (χ1n) is 6.92. The van der Waals surface area contributed by atoms with Gasteiger partial charge in [-0.1, -0.05) is 11.6 Å². The topological polar surface area (TPSA) is 58.6 Å². The van der Waals surface area contributed by atoms with Crippen LogP contribution in [-0.4, -0.2) is 46.0 Å². The van der Waals surface area contributed by atoms with Crippen LogP contribution in [0.25, 0.3) is 0 Å². The number of likely N-dealkylation sites (N-methyl/N-ethyl adjacent to an activating group) is 1. The van der Waals surface area contributed by atoms with Gasteiger partial charge in [-0.2, -0.15) is 4.31 Å². The summed E-state index contributed by atoms with van der Waals surface area (Å²) in [7, 11) is -0.191. The van der Waals surface area contributed by atoms with E-state index in [9.17, 15) is 8.42 Å². The van der Waals surface area contributed by atoms with Crippen molar-refractivity contribution < 1.29 is 13.2 Å². The minimum Gasteiger partial charge on any atom is -0.495 e. The molecule has 7 heteroatoms. The van der Waals surface area contributed by atoms with Gasteiger partial charge in [-0.3, -0.25) is 0 Å². The SMILES string of the molecule is CNCC1CCCN1S(=O)(=O)c1cc(Cl)c(OC)cc1C. The van der Waals surface area contributed by atoms with Gasteiger partial charge in [0.25, 0.3) is 0 Å². The maximum atomic E-state index is 12.9. The molecule has 21 heavy (non-hydrogen) atoms. The summed E-state index contributed by atoms with van der Waals surface area (Å²) >= 11 is 6.09. The molecular weight excluding hydrogens is 312 g/mol. The minimum atomic E-state index is -3.53. The van der Waals surface area contributed by atoms with E-state index in [1.165, 1.54) is 13.2 Å². The van der Waals surface area contributed by atoms with Gasteiger partial charge in [0, 0.05) is 19.1 Å². The molecule has 1 aliphatic rings. The van der Waals surface area contributed by atoms with Crippen molar-refractivity contribution >= 4 is 21.6 Å². The predicted molar refractivity (Wildman–Crippen MR) is 83.6 cm³/mol. The lowest BCUT2D eigenvalue weighted by Crippen LogP contribution is -2.41. The van der Waals surface area contributed by atoms with Gasteiger partial charge < -0.3 is 10.1 Å². The number of methoxy groups -OCH3 is 1. The number of aryl methyl sites for hydroxylation is 1. The standard InChI is InChI=1S/C14H21ClN2O3S/c1-10-7-13(20-3)12(15)8-14(10)21(18,19)17-6-4-5-11(17)9-16-2/h7-8,11,16H,4-6,9H2,1-3H3. The van der Waals surface area contributed by atoms with Crippen LogP contribution in [0.15, 0.2) is 17.0 Å². The Morgan fingerprint density at radius 1 is 1.48 bits per heavy atom. The maximum Gasteiger partial charge on any atom is 0.243 e. The summed E-state index contributed by atoms with van der Waals surface area (Å²) < 4.78 is 32.5. The molecule has 1 unspecified atom stereocenters. The molecule has 1 aliphatic heterocycles. The third-order valence-electron chi connectivity index (χ3n) is 3.80. The molecule has 1 aromatic carbocycles. The van der Waals surface area contributed by atoms with Crippen LogP contribution < -0.4 is 10.1 Å². The number of hydrogen-bond acceptors (Lipinski definition) is 4. The average molecular weight is 333 g/mol. The zero-order chi connectivity index (χ0) is 15.6. The van der Waals surface area contributed by atoms with E-state index in [1.807, 2.05) is 7.05 Å². The lowest BCUT2D eigenvalue weighted by Gasteiger charge is -2.25. The van der Waals surface area contributed by atoms with E-state index in [2.05, 4.69) is 5.32 Å². The molecule has 0 aromatic heterocycles. The van der Waals surface area contributed by atoms with Gasteiger partial charge in [0.1, 0.15) is 5.75 Å². The number of rotatable bonds is 5. The molecule has 1 heterocycles. The Hall–Kier alpha value is -0.820. The quantitative estimate of drug-likeness (QED) is 0.896. The van der Waals surface area contributed by atoms with Crippen molar-refractivity contribution in [3.63, 3.8) is 0 Å². The number of nitrogens with zero attached hydrogens (tertiary/aromatic N) is 1. The molecule has 0 saturated carbocycles. The Morgan fingerprint density at radius 2 is 2.19 bits per heavy atom. The maximum absolute atomic E-state index is 12.9. The lowest BCUT2D eigenvalue weighted by molar-refractivity contribution is 0.378. The summed E-state index contributed by atoms with van der Waals surface area (Å²) in [5.74, 6) is 0.487. The number of benzene rings is 1. The molecule has 2 rings (SSSR count). The number of hydrogen-bond donors (Lipinski definition) is 1. The highest BCUT2D eigenvalue weighted by Crippen LogP contribution is 2.33. The van der Waals surface area contributed by atoms with Crippen molar-refractivity contribution in [3.8, 4) is 5.75 Å². The number of halogens is 1. The fourth-order valence-corrected chi connectivity index (χ4v) is 5.00. The zero-order valence-electron chi connectivity index (χ0n) is 12.5. The average Bonchev–Trinajstić information content (AvgIpc) is 2.90. The second kappa shape index (κ2) is 6.52. The molecule has 1 fully saturated rings. The van der Waals surface area contributed by atoms with Crippen molar-refractivity contribution in [1.82, 2.24) is 9.62 Å². The molecule has 0 radical (unpaired) electrons. The third kappa shape index (κ3) is 3.18. The van der Waals surface area contributed by atoms with Crippen LogP contribution in [0.1, 0.15) is 18.4 Å². The second-order valence-electron chi connectivity index (χ2n) is 5.22. The Labute approximate surface area is 131 Å². The smallest absolute Gasteiger partial charge is 0.243 e. The Kier molecular flexibility index (Phi) is 5.14.